The molecule has 0 radical (unpaired) electrons. The molecule has 6 nitrogen and oxygen atoms in total. The van der Waals surface area contributed by atoms with Crippen LogP contribution in [0.4, 0.5) is 16.3 Å². The van der Waals surface area contributed by atoms with E-state index in [1.807, 2.05) is 54.7 Å². The van der Waals surface area contributed by atoms with Gasteiger partial charge in [-0.1, -0.05) is 41.9 Å². The van der Waals surface area contributed by atoms with Crippen LogP contribution in [0.25, 0.3) is 0 Å². The molecular formula is C24H25ClN4O2. The van der Waals surface area contributed by atoms with Gasteiger partial charge in [0.2, 0.25) is 0 Å². The van der Waals surface area contributed by atoms with Crippen molar-refractivity contribution < 1.29 is 9.53 Å². The Kier molecular flexibility index (Phi) is 7.02. The average Bonchev–Trinajstić information content (AvgIpc) is 2.81. The quantitative estimate of drug-likeness (QED) is 0.601. The predicted octanol–water partition coefficient (Wildman–Crippen LogP) is 4.81. The average molecular weight is 437 g/mol. The molecule has 4 rings (SSSR count). The topological polar surface area (TPSA) is 57.7 Å². The summed E-state index contributed by atoms with van der Waals surface area (Å²) in [5.74, 6) is 1.04. The van der Waals surface area contributed by atoms with Crippen LogP contribution in [-0.2, 0) is 17.9 Å². The second-order valence-corrected chi connectivity index (χ2v) is 7.91. The van der Waals surface area contributed by atoms with Crippen molar-refractivity contribution in [3.05, 3.63) is 89.1 Å². The number of benzene rings is 2. The lowest BCUT2D eigenvalue weighted by molar-refractivity contribution is 0.155. The zero-order chi connectivity index (χ0) is 21.5. The zero-order valence-electron chi connectivity index (χ0n) is 17.2. The molecule has 7 heteroatoms. The van der Waals surface area contributed by atoms with Gasteiger partial charge >= 0.3 is 6.09 Å². The summed E-state index contributed by atoms with van der Waals surface area (Å²) in [5.41, 5.74) is 2.81. The summed E-state index contributed by atoms with van der Waals surface area (Å²) >= 11 is 5.86. The van der Waals surface area contributed by atoms with E-state index in [1.54, 1.807) is 12.1 Å². The lowest BCUT2D eigenvalue weighted by Gasteiger charge is -2.35. The highest BCUT2D eigenvalue weighted by atomic mass is 35.5. The van der Waals surface area contributed by atoms with Gasteiger partial charge in [0, 0.05) is 49.6 Å². The van der Waals surface area contributed by atoms with Gasteiger partial charge in [-0.3, -0.25) is 10.2 Å². The van der Waals surface area contributed by atoms with Gasteiger partial charge in [-0.2, -0.15) is 0 Å². The van der Waals surface area contributed by atoms with Crippen LogP contribution >= 0.6 is 11.6 Å². The lowest BCUT2D eigenvalue weighted by Crippen LogP contribution is -2.46. The minimum atomic E-state index is -0.478. The molecule has 1 fully saturated rings. The molecule has 2 heterocycles. The zero-order valence-corrected chi connectivity index (χ0v) is 18.0. The number of anilines is 2. The molecule has 0 unspecified atom stereocenters. The lowest BCUT2D eigenvalue weighted by atomic mass is 10.2. The predicted molar refractivity (Wildman–Crippen MR) is 123 cm³/mol. The molecule has 2 aromatic carbocycles. The van der Waals surface area contributed by atoms with Crippen molar-refractivity contribution in [1.29, 1.82) is 0 Å². The Bertz CT molecular complexity index is 973. The van der Waals surface area contributed by atoms with Crippen LogP contribution < -0.4 is 10.2 Å². The second-order valence-electron chi connectivity index (χ2n) is 7.48. The first kappa shape index (κ1) is 21.2. The van der Waals surface area contributed by atoms with E-state index < -0.39 is 6.09 Å². The molecule has 3 aromatic rings. The van der Waals surface area contributed by atoms with Crippen LogP contribution in [0.5, 0.6) is 0 Å². The van der Waals surface area contributed by atoms with E-state index in [0.29, 0.717) is 10.7 Å². The standard InChI is InChI=1S/C24H25ClN4O2/c25-21-8-4-20(5-9-21)18-31-24(30)27-22-10-6-19(7-11-22)17-28-13-15-29(16-14-28)23-3-1-2-12-26-23/h1-12H,13-18H2,(H,27,30). The SMILES string of the molecule is O=C(Nc1ccc(CN2CCN(c3ccccn3)CC2)cc1)OCc1ccc(Cl)cc1. The fraction of sp³-hybridized carbons (Fsp3) is 0.250. The number of amides is 1. The molecule has 1 aliphatic rings. The minimum Gasteiger partial charge on any atom is -0.444 e. The normalized spacial score (nSPS) is 14.3. The van der Waals surface area contributed by atoms with Gasteiger partial charge in [-0.05, 0) is 47.5 Å². The van der Waals surface area contributed by atoms with Crippen LogP contribution in [0, 0.1) is 0 Å². The Morgan fingerprint density at radius 3 is 2.32 bits per heavy atom. The summed E-state index contributed by atoms with van der Waals surface area (Å²) in [6, 6.07) is 21.1. The van der Waals surface area contributed by atoms with Crippen LogP contribution in [0.3, 0.4) is 0 Å². The van der Waals surface area contributed by atoms with E-state index in [4.69, 9.17) is 16.3 Å². The number of nitrogens with zero attached hydrogens (tertiary/aromatic N) is 3. The van der Waals surface area contributed by atoms with Gasteiger partial charge < -0.3 is 9.64 Å². The molecule has 0 saturated carbocycles. The Balaban J connectivity index is 1.21. The van der Waals surface area contributed by atoms with Crippen LogP contribution in [0.2, 0.25) is 5.02 Å². The Hall–Kier alpha value is -3.09. The minimum absolute atomic E-state index is 0.200. The number of carbonyl (C=O) groups is 1. The third kappa shape index (κ3) is 6.20. The Morgan fingerprint density at radius 2 is 1.65 bits per heavy atom. The first-order valence-corrected chi connectivity index (χ1v) is 10.7. The second kappa shape index (κ2) is 10.3. The van der Waals surface area contributed by atoms with E-state index in [1.165, 1.54) is 5.56 Å². The number of nitrogens with one attached hydrogen (secondary N) is 1. The first-order valence-electron chi connectivity index (χ1n) is 10.3. The van der Waals surface area contributed by atoms with Gasteiger partial charge in [0.15, 0.2) is 0 Å². The molecule has 0 aliphatic carbocycles. The number of halogens is 1. The molecular weight excluding hydrogens is 412 g/mol. The van der Waals surface area contributed by atoms with Gasteiger partial charge in [-0.15, -0.1) is 0 Å². The molecule has 0 bridgehead atoms. The van der Waals surface area contributed by atoms with E-state index in [-0.39, 0.29) is 6.61 Å². The maximum Gasteiger partial charge on any atom is 0.411 e. The number of hydrogen-bond acceptors (Lipinski definition) is 5. The highest BCUT2D eigenvalue weighted by Gasteiger charge is 2.17. The number of aromatic nitrogens is 1. The fourth-order valence-corrected chi connectivity index (χ4v) is 3.64. The van der Waals surface area contributed by atoms with Gasteiger partial charge in [0.1, 0.15) is 12.4 Å². The highest BCUT2D eigenvalue weighted by molar-refractivity contribution is 6.30. The highest BCUT2D eigenvalue weighted by Crippen LogP contribution is 2.16. The summed E-state index contributed by atoms with van der Waals surface area (Å²) in [7, 11) is 0. The summed E-state index contributed by atoms with van der Waals surface area (Å²) in [4.78, 5) is 21.2. The van der Waals surface area contributed by atoms with Crippen LogP contribution in [0.1, 0.15) is 11.1 Å². The molecule has 0 spiro atoms. The maximum atomic E-state index is 12.0. The molecule has 1 amide bonds. The molecule has 1 aliphatic heterocycles. The van der Waals surface area contributed by atoms with E-state index >= 15 is 0 Å². The first-order chi connectivity index (χ1) is 15.2. The van der Waals surface area contributed by atoms with Crippen molar-refractivity contribution in [2.45, 2.75) is 13.2 Å². The number of ether oxygens (including phenoxy) is 1. The number of piperazine rings is 1. The van der Waals surface area contributed by atoms with Crippen molar-refractivity contribution in [3.63, 3.8) is 0 Å². The van der Waals surface area contributed by atoms with Crippen molar-refractivity contribution in [2.75, 3.05) is 36.4 Å². The summed E-state index contributed by atoms with van der Waals surface area (Å²) in [6.07, 6.45) is 1.36. The molecule has 0 atom stereocenters. The molecule has 1 saturated heterocycles. The largest absolute Gasteiger partial charge is 0.444 e. The van der Waals surface area contributed by atoms with Crippen molar-refractivity contribution in [2.24, 2.45) is 0 Å². The molecule has 1 aromatic heterocycles. The maximum absolute atomic E-state index is 12.0. The summed E-state index contributed by atoms with van der Waals surface area (Å²) in [5, 5.41) is 3.42. The Labute approximate surface area is 187 Å². The smallest absolute Gasteiger partial charge is 0.411 e. The van der Waals surface area contributed by atoms with Crippen LogP contribution in [0.15, 0.2) is 72.9 Å². The molecule has 160 valence electrons. The van der Waals surface area contributed by atoms with E-state index in [0.717, 1.165) is 44.1 Å². The third-order valence-electron chi connectivity index (χ3n) is 5.24. The fourth-order valence-electron chi connectivity index (χ4n) is 3.51. The molecule has 31 heavy (non-hydrogen) atoms. The summed E-state index contributed by atoms with van der Waals surface area (Å²) in [6.45, 7) is 5.01. The number of carbonyl (C=O) groups excluding carboxylic acids is 1. The molecule has 1 N–H and O–H groups in total. The van der Waals surface area contributed by atoms with Crippen molar-refractivity contribution in [1.82, 2.24) is 9.88 Å². The van der Waals surface area contributed by atoms with Crippen molar-refractivity contribution in [3.8, 4) is 0 Å². The third-order valence-corrected chi connectivity index (χ3v) is 5.49. The van der Waals surface area contributed by atoms with Crippen molar-refractivity contribution >= 4 is 29.2 Å². The number of pyridine rings is 1. The monoisotopic (exact) mass is 436 g/mol. The summed E-state index contributed by atoms with van der Waals surface area (Å²) < 4.78 is 5.26. The van der Waals surface area contributed by atoms with Gasteiger partial charge in [-0.25, -0.2) is 9.78 Å². The van der Waals surface area contributed by atoms with Gasteiger partial charge in [0.25, 0.3) is 0 Å². The number of hydrogen-bond donors (Lipinski definition) is 1. The number of rotatable bonds is 6. The Morgan fingerprint density at radius 1 is 0.935 bits per heavy atom. The van der Waals surface area contributed by atoms with Gasteiger partial charge in [0.05, 0.1) is 0 Å². The van der Waals surface area contributed by atoms with E-state index in [2.05, 4.69) is 26.2 Å². The van der Waals surface area contributed by atoms with E-state index in [9.17, 15) is 4.79 Å². The van der Waals surface area contributed by atoms with Crippen LogP contribution in [-0.4, -0.2) is 42.2 Å².